The van der Waals surface area contributed by atoms with Gasteiger partial charge >= 0.3 is 0 Å². The Labute approximate surface area is 263 Å². The highest BCUT2D eigenvalue weighted by Gasteiger charge is 2.38. The van der Waals surface area contributed by atoms with Crippen molar-refractivity contribution in [3.8, 4) is 11.5 Å². The van der Waals surface area contributed by atoms with Crippen LogP contribution in [0.1, 0.15) is 45.1 Å². The number of halogens is 1. The van der Waals surface area contributed by atoms with Gasteiger partial charge < -0.3 is 15.1 Å². The van der Waals surface area contributed by atoms with Crippen molar-refractivity contribution in [2.75, 3.05) is 43.4 Å². The normalized spacial score (nSPS) is 15.8. The third-order valence-electron chi connectivity index (χ3n) is 9.25. The summed E-state index contributed by atoms with van der Waals surface area (Å²) in [5.41, 5.74) is 10.5. The molecule has 0 radical (unpaired) electrons. The second kappa shape index (κ2) is 11.7. The van der Waals surface area contributed by atoms with E-state index in [0.29, 0.717) is 35.0 Å². The van der Waals surface area contributed by atoms with Gasteiger partial charge in [0.05, 0.1) is 35.6 Å². The lowest BCUT2D eigenvalue weighted by molar-refractivity contribution is 0.203. The smallest absolute Gasteiger partial charge is 0.225 e. The number of anilines is 2. The van der Waals surface area contributed by atoms with Crippen LogP contribution in [0.15, 0.2) is 36.8 Å². The van der Waals surface area contributed by atoms with Crippen molar-refractivity contribution >= 4 is 36.6 Å². The second-order valence-corrected chi connectivity index (χ2v) is 18.1. The van der Waals surface area contributed by atoms with E-state index in [4.69, 9.17) is 15.1 Å². The van der Waals surface area contributed by atoms with Crippen molar-refractivity contribution in [1.82, 2.24) is 44.2 Å². The van der Waals surface area contributed by atoms with Crippen LogP contribution in [0.25, 0.3) is 28.2 Å². The molecule has 0 bridgehead atoms. The third kappa shape index (κ3) is 6.01. The molecule has 0 spiro atoms. The molecule has 0 aliphatic carbocycles. The summed E-state index contributed by atoms with van der Waals surface area (Å²) in [6, 6.07) is 5.40. The maximum Gasteiger partial charge on any atom is 0.225 e. The van der Waals surface area contributed by atoms with Gasteiger partial charge in [-0.25, -0.2) is 19.0 Å². The summed E-state index contributed by atoms with van der Waals surface area (Å²) in [5, 5.41) is 10.0. The van der Waals surface area contributed by atoms with E-state index in [2.05, 4.69) is 75.7 Å². The van der Waals surface area contributed by atoms with Crippen LogP contribution in [-0.2, 0) is 11.0 Å². The van der Waals surface area contributed by atoms with Crippen LogP contribution in [0.3, 0.4) is 0 Å². The van der Waals surface area contributed by atoms with Crippen molar-refractivity contribution in [3.63, 3.8) is 0 Å². The Morgan fingerprint density at radius 3 is 2.47 bits per heavy atom. The molecule has 45 heavy (non-hydrogen) atoms. The molecule has 5 aromatic rings. The molecule has 1 aromatic carbocycles. The molecular weight excluding hydrogens is 590 g/mol. The summed E-state index contributed by atoms with van der Waals surface area (Å²) in [7, 11) is -1.96. The molecule has 1 aliphatic rings. The van der Waals surface area contributed by atoms with Gasteiger partial charge in [0.15, 0.2) is 19.6 Å². The number of hydrogen-bond donors (Lipinski definition) is 1. The highest BCUT2D eigenvalue weighted by Crippen LogP contribution is 2.40. The molecule has 0 unspecified atom stereocenters. The number of fused-ring (bicyclic) bond motifs is 3. The molecule has 1 atom stereocenters. The first-order chi connectivity index (χ1) is 21.3. The summed E-state index contributed by atoms with van der Waals surface area (Å²) in [5.74, 6) is 0.462. The minimum Gasteiger partial charge on any atom is -0.410 e. The molecule has 2 N–H and O–H groups in total. The Morgan fingerprint density at radius 1 is 1.02 bits per heavy atom. The number of aryl methyl sites for hydroxylation is 1. The number of nitrogens with zero attached hydrogens (tertiary/aromatic N) is 10. The second-order valence-electron chi connectivity index (χ2n) is 13.3. The summed E-state index contributed by atoms with van der Waals surface area (Å²) in [4.78, 5) is 22.5. The molecule has 0 saturated carbocycles. The van der Waals surface area contributed by atoms with E-state index in [1.807, 2.05) is 23.7 Å². The van der Waals surface area contributed by atoms with Crippen molar-refractivity contribution in [2.24, 2.45) is 0 Å². The first kappa shape index (κ1) is 31.0. The molecule has 1 fully saturated rings. The lowest BCUT2D eigenvalue weighted by atomic mass is 10.1. The van der Waals surface area contributed by atoms with E-state index in [0.717, 1.165) is 49.4 Å². The van der Waals surface area contributed by atoms with E-state index in [1.165, 1.54) is 4.52 Å². The number of piperazine rings is 1. The first-order valence-corrected chi connectivity index (χ1v) is 18.3. The largest absolute Gasteiger partial charge is 0.410 e. The fourth-order valence-electron chi connectivity index (χ4n) is 5.51. The summed E-state index contributed by atoms with van der Waals surface area (Å²) >= 11 is 0. The molecule has 6 rings (SSSR count). The van der Waals surface area contributed by atoms with Crippen molar-refractivity contribution < 1.29 is 8.82 Å². The average Bonchev–Trinajstić information content (AvgIpc) is 3.61. The van der Waals surface area contributed by atoms with Crippen LogP contribution >= 0.6 is 0 Å². The van der Waals surface area contributed by atoms with Gasteiger partial charge in [0.25, 0.3) is 0 Å². The number of nitrogen functional groups attached to an aromatic ring is 1. The monoisotopic (exact) mass is 631 g/mol. The zero-order chi connectivity index (χ0) is 32.1. The maximum absolute atomic E-state index is 15.1. The molecule has 5 heterocycles. The van der Waals surface area contributed by atoms with Gasteiger partial charge in [0, 0.05) is 45.1 Å². The number of aromatic nitrogens is 8. The highest BCUT2D eigenvalue weighted by molar-refractivity contribution is 6.74. The van der Waals surface area contributed by atoms with Crippen LogP contribution in [0.5, 0.6) is 0 Å². The Morgan fingerprint density at radius 2 is 1.76 bits per heavy atom. The summed E-state index contributed by atoms with van der Waals surface area (Å²) < 4.78 is 25.0. The number of rotatable bonds is 8. The van der Waals surface area contributed by atoms with Gasteiger partial charge in [-0.2, -0.15) is 14.6 Å². The van der Waals surface area contributed by atoms with Crippen LogP contribution < -0.4 is 10.6 Å². The quantitative estimate of drug-likeness (QED) is 0.237. The number of hydrogen-bond acceptors (Lipinski definition) is 10. The Balaban J connectivity index is 1.12. The van der Waals surface area contributed by atoms with Crippen LogP contribution in [0, 0.1) is 12.7 Å². The summed E-state index contributed by atoms with van der Waals surface area (Å²) in [6.07, 6.45) is 4.90. The maximum atomic E-state index is 15.1. The molecule has 1 aliphatic heterocycles. The van der Waals surface area contributed by atoms with E-state index in [-0.39, 0.29) is 22.9 Å². The molecule has 12 nitrogen and oxygen atoms in total. The van der Waals surface area contributed by atoms with E-state index in [1.54, 1.807) is 24.7 Å². The predicted octanol–water partition coefficient (Wildman–Crippen LogP) is 4.87. The first-order valence-electron chi connectivity index (χ1n) is 15.4. The molecule has 14 heteroatoms. The SMILES string of the molecule is Cc1nccnc1-c1nc2c3cnn(CCN4CCN(c5cc([C@@H](C)O[Si](C)(C)C(C)(C)C)ccc5F)CC4)c3nc(N)n2n1. The van der Waals surface area contributed by atoms with Gasteiger partial charge in [-0.15, -0.1) is 5.10 Å². The van der Waals surface area contributed by atoms with E-state index >= 15 is 4.39 Å². The predicted molar refractivity (Wildman–Crippen MR) is 176 cm³/mol. The zero-order valence-electron chi connectivity index (χ0n) is 27.1. The Hall–Kier alpha value is -4.01. The van der Waals surface area contributed by atoms with Crippen LogP contribution in [0.2, 0.25) is 18.1 Å². The molecule has 0 amide bonds. The molecule has 238 valence electrons. The summed E-state index contributed by atoms with van der Waals surface area (Å²) in [6.45, 7) is 19.6. The van der Waals surface area contributed by atoms with Gasteiger partial charge in [0.2, 0.25) is 11.8 Å². The van der Waals surface area contributed by atoms with Gasteiger partial charge in [0.1, 0.15) is 11.5 Å². The fraction of sp³-hybridized carbons (Fsp3) is 0.484. The van der Waals surface area contributed by atoms with Crippen molar-refractivity contribution in [2.45, 2.75) is 65.4 Å². The van der Waals surface area contributed by atoms with Crippen molar-refractivity contribution in [1.29, 1.82) is 0 Å². The van der Waals surface area contributed by atoms with Crippen molar-refractivity contribution in [3.05, 3.63) is 53.9 Å². The van der Waals surface area contributed by atoms with Crippen LogP contribution in [0.4, 0.5) is 16.0 Å². The number of nitrogens with two attached hydrogens (primary N) is 1. The highest BCUT2D eigenvalue weighted by atomic mass is 28.4. The Bertz CT molecular complexity index is 1840. The van der Waals surface area contributed by atoms with E-state index in [9.17, 15) is 0 Å². The minimum atomic E-state index is -1.96. The zero-order valence-corrected chi connectivity index (χ0v) is 28.1. The third-order valence-corrected chi connectivity index (χ3v) is 13.8. The fourth-order valence-corrected chi connectivity index (χ4v) is 6.88. The van der Waals surface area contributed by atoms with Gasteiger partial charge in [-0.1, -0.05) is 26.8 Å². The molecule has 1 saturated heterocycles. The van der Waals surface area contributed by atoms with Gasteiger partial charge in [-0.3, -0.25) is 9.88 Å². The minimum absolute atomic E-state index is 0.0974. The average molecular weight is 632 g/mol. The lowest BCUT2D eigenvalue weighted by Gasteiger charge is -2.39. The van der Waals surface area contributed by atoms with Crippen LogP contribution in [-0.4, -0.2) is 85.3 Å². The molecular formula is C31H42FN11OSi. The standard InChI is InChI=1S/C31H42FN11OSi/c1-20-26(35-11-10-34-20)27-37-29-23-19-36-42(28(23)38-30(33)43(29)39-27)17-14-40-12-15-41(16-13-40)25-18-22(8-9-24(25)32)21(2)44-45(6,7)31(3,4)5/h8-11,18-19,21H,12-17H2,1-7H3,(H2,33,38)/t21-/m1/s1. The lowest BCUT2D eigenvalue weighted by Crippen LogP contribution is -2.47. The number of benzene rings is 1. The Kier molecular flexibility index (Phi) is 8.08. The molecule has 4 aromatic heterocycles. The topological polar surface area (TPSA) is 128 Å². The van der Waals surface area contributed by atoms with Gasteiger partial charge in [-0.05, 0) is 49.7 Å². The van der Waals surface area contributed by atoms with E-state index < -0.39 is 8.32 Å².